The van der Waals surface area contributed by atoms with E-state index < -0.39 is 41.8 Å². The molecule has 0 radical (unpaired) electrons. The van der Waals surface area contributed by atoms with Gasteiger partial charge < -0.3 is 19.9 Å². The fourth-order valence-electron chi connectivity index (χ4n) is 1.88. The monoisotopic (exact) mass is 409 g/mol. The van der Waals surface area contributed by atoms with Crippen LogP contribution in [0.3, 0.4) is 0 Å². The first kappa shape index (κ1) is 20.5. The van der Waals surface area contributed by atoms with E-state index in [1.807, 2.05) is 0 Å². The summed E-state index contributed by atoms with van der Waals surface area (Å²) in [5.74, 6) is -2.88. The number of carbonyl (C=O) groups excluding carboxylic acids is 1. The van der Waals surface area contributed by atoms with Crippen LogP contribution in [-0.4, -0.2) is 46.8 Å². The molecule has 1 aliphatic heterocycles. The number of amides is 1. The van der Waals surface area contributed by atoms with Crippen LogP contribution in [-0.2, 0) is 9.59 Å². The summed E-state index contributed by atoms with van der Waals surface area (Å²) in [6.45, 7) is -6.48. The zero-order valence-electron chi connectivity index (χ0n) is 13.1. The highest BCUT2D eigenvalue weighted by Crippen LogP contribution is 2.30. The van der Waals surface area contributed by atoms with Gasteiger partial charge in [0.05, 0.1) is 12.6 Å². The molecule has 1 amide bonds. The third-order valence-corrected chi connectivity index (χ3v) is 3.96. The third kappa shape index (κ3) is 6.44. The van der Waals surface area contributed by atoms with Crippen molar-refractivity contribution < 1.29 is 41.7 Å². The molecule has 1 aromatic carbocycles. The number of hydrogen-bond donors (Lipinski definition) is 2. The quantitative estimate of drug-likeness (QED) is 0.387. The van der Waals surface area contributed by atoms with Crippen LogP contribution in [0, 0.1) is 0 Å². The molecule has 1 aromatic rings. The summed E-state index contributed by atoms with van der Waals surface area (Å²) in [4.78, 5) is 22.2. The minimum absolute atomic E-state index is 0.0595. The molecular formula is C14H11F4N3O5S. The van der Waals surface area contributed by atoms with Gasteiger partial charge in [0, 0.05) is 0 Å². The van der Waals surface area contributed by atoms with Crippen molar-refractivity contribution >= 4 is 35.0 Å². The first-order valence-electron chi connectivity index (χ1n) is 7.08. The van der Waals surface area contributed by atoms with Crippen LogP contribution in [0.25, 0.3) is 0 Å². The van der Waals surface area contributed by atoms with Gasteiger partial charge in [-0.15, -0.1) is 5.10 Å². The Labute approximate surface area is 153 Å². The standard InChI is InChI=1S/C14H11F4N3O5S/c15-12(16)25-7-2-1-6(3-8(7)26-13(17)18)5-19-21-14-20-11(24)9(27-14)4-10(22)23/h1-3,5,9,12-13H,4H2,(H,22,23)(H,20,21,24). The average Bonchev–Trinajstić information content (AvgIpc) is 2.88. The summed E-state index contributed by atoms with van der Waals surface area (Å²) in [5, 5.41) is 17.5. The van der Waals surface area contributed by atoms with Crippen molar-refractivity contribution in [1.29, 1.82) is 0 Å². The van der Waals surface area contributed by atoms with Gasteiger partial charge in [0.1, 0.15) is 5.25 Å². The molecule has 1 heterocycles. The van der Waals surface area contributed by atoms with E-state index in [2.05, 4.69) is 25.0 Å². The number of carbonyl (C=O) groups is 2. The summed E-state index contributed by atoms with van der Waals surface area (Å²) in [7, 11) is 0. The van der Waals surface area contributed by atoms with Crippen LogP contribution >= 0.6 is 11.8 Å². The molecule has 27 heavy (non-hydrogen) atoms. The zero-order valence-corrected chi connectivity index (χ0v) is 14.0. The summed E-state index contributed by atoms with van der Waals surface area (Å²) >= 11 is 0.871. The smallest absolute Gasteiger partial charge is 0.387 e. The van der Waals surface area contributed by atoms with E-state index >= 15 is 0 Å². The van der Waals surface area contributed by atoms with Crippen LogP contribution in [0.4, 0.5) is 17.6 Å². The Morgan fingerprint density at radius 2 is 1.93 bits per heavy atom. The van der Waals surface area contributed by atoms with Crippen LogP contribution < -0.4 is 14.8 Å². The first-order valence-corrected chi connectivity index (χ1v) is 7.96. The molecule has 1 fully saturated rings. The normalized spacial score (nSPS) is 18.5. The summed E-state index contributed by atoms with van der Waals surface area (Å²) in [6.07, 6.45) is 0.702. The lowest BCUT2D eigenvalue weighted by atomic mass is 10.2. The van der Waals surface area contributed by atoms with Gasteiger partial charge in [-0.1, -0.05) is 11.8 Å². The number of nitrogens with zero attached hydrogens (tertiary/aromatic N) is 2. The van der Waals surface area contributed by atoms with Crippen molar-refractivity contribution in [3.05, 3.63) is 23.8 Å². The highest BCUT2D eigenvalue weighted by molar-refractivity contribution is 8.15. The summed E-state index contributed by atoms with van der Waals surface area (Å²) < 4.78 is 57.5. The fourth-order valence-corrected chi connectivity index (χ4v) is 2.79. The zero-order chi connectivity index (χ0) is 20.0. The highest BCUT2D eigenvalue weighted by atomic mass is 32.2. The van der Waals surface area contributed by atoms with E-state index in [9.17, 15) is 27.2 Å². The molecule has 1 saturated heterocycles. The highest BCUT2D eigenvalue weighted by Gasteiger charge is 2.32. The number of hydrogen-bond acceptors (Lipinski definition) is 7. The van der Waals surface area contributed by atoms with E-state index in [4.69, 9.17) is 5.11 Å². The molecule has 1 unspecified atom stereocenters. The maximum absolute atomic E-state index is 12.4. The second kappa shape index (κ2) is 9.21. The average molecular weight is 409 g/mol. The molecule has 0 bridgehead atoms. The van der Waals surface area contributed by atoms with Gasteiger partial charge in [-0.2, -0.15) is 22.7 Å². The maximum Gasteiger partial charge on any atom is 0.387 e. The second-order valence-corrected chi connectivity index (χ2v) is 6.00. The Hall–Kier alpha value is -2.83. The Morgan fingerprint density at radius 1 is 1.26 bits per heavy atom. The molecule has 0 aromatic heterocycles. The molecule has 1 atom stereocenters. The lowest BCUT2D eigenvalue weighted by Crippen LogP contribution is -2.26. The number of rotatable bonds is 8. The number of benzene rings is 1. The predicted molar refractivity (Wildman–Crippen MR) is 86.5 cm³/mol. The molecule has 8 nitrogen and oxygen atoms in total. The number of alkyl halides is 4. The topological polar surface area (TPSA) is 110 Å². The largest absolute Gasteiger partial charge is 0.481 e. The Bertz CT molecular complexity index is 775. The number of halogens is 4. The van der Waals surface area contributed by atoms with Crippen molar-refractivity contribution in [3.8, 4) is 11.5 Å². The third-order valence-electron chi connectivity index (χ3n) is 2.89. The molecule has 146 valence electrons. The molecule has 1 aliphatic rings. The number of aliphatic carboxylic acids is 1. The lowest BCUT2D eigenvalue weighted by molar-refractivity contribution is -0.138. The van der Waals surface area contributed by atoms with Gasteiger partial charge in [0.2, 0.25) is 5.91 Å². The Morgan fingerprint density at radius 3 is 2.56 bits per heavy atom. The van der Waals surface area contributed by atoms with Crippen LogP contribution in [0.1, 0.15) is 12.0 Å². The van der Waals surface area contributed by atoms with Gasteiger partial charge in [-0.25, -0.2) is 0 Å². The lowest BCUT2D eigenvalue weighted by Gasteiger charge is -2.11. The molecule has 2 N–H and O–H groups in total. The van der Waals surface area contributed by atoms with E-state index in [1.54, 1.807) is 0 Å². The molecular weight excluding hydrogens is 398 g/mol. The molecule has 0 aliphatic carbocycles. The van der Waals surface area contributed by atoms with Crippen LogP contribution in [0.15, 0.2) is 28.4 Å². The number of carboxylic acids is 1. The second-order valence-electron chi connectivity index (χ2n) is 4.81. The van der Waals surface area contributed by atoms with Crippen molar-refractivity contribution in [3.63, 3.8) is 0 Å². The first-order chi connectivity index (χ1) is 12.7. The van der Waals surface area contributed by atoms with Crippen LogP contribution in [0.2, 0.25) is 0 Å². The summed E-state index contributed by atoms with van der Waals surface area (Å²) in [5.41, 5.74) is 0.174. The Kier molecular flexibility index (Phi) is 6.98. The fraction of sp³-hybridized carbons (Fsp3) is 0.286. The van der Waals surface area contributed by atoms with Crippen molar-refractivity contribution in [2.45, 2.75) is 24.9 Å². The molecule has 2 rings (SSSR count). The van der Waals surface area contributed by atoms with Gasteiger partial charge >= 0.3 is 19.2 Å². The predicted octanol–water partition coefficient (Wildman–Crippen LogP) is 2.29. The SMILES string of the molecule is O=C(O)CC1SC(=NN=Cc2ccc(OC(F)F)c(OC(F)F)c2)NC1=O. The van der Waals surface area contributed by atoms with Crippen molar-refractivity contribution in [1.82, 2.24) is 5.32 Å². The van der Waals surface area contributed by atoms with Gasteiger partial charge in [-0.05, 0) is 23.8 Å². The van der Waals surface area contributed by atoms with Crippen molar-refractivity contribution in [2.75, 3.05) is 0 Å². The number of ether oxygens (including phenoxy) is 2. The van der Waals surface area contributed by atoms with E-state index in [-0.39, 0.29) is 17.2 Å². The van der Waals surface area contributed by atoms with Crippen LogP contribution in [0.5, 0.6) is 11.5 Å². The van der Waals surface area contributed by atoms with Crippen molar-refractivity contribution in [2.24, 2.45) is 10.2 Å². The molecule has 0 spiro atoms. The number of amidine groups is 1. The molecule has 0 saturated carbocycles. The van der Waals surface area contributed by atoms with E-state index in [0.29, 0.717) is 0 Å². The minimum Gasteiger partial charge on any atom is -0.481 e. The van der Waals surface area contributed by atoms with E-state index in [1.165, 1.54) is 6.07 Å². The maximum atomic E-state index is 12.4. The van der Waals surface area contributed by atoms with Gasteiger partial charge in [0.25, 0.3) is 0 Å². The van der Waals surface area contributed by atoms with Gasteiger partial charge in [-0.3, -0.25) is 9.59 Å². The molecule has 13 heteroatoms. The minimum atomic E-state index is -3.26. The van der Waals surface area contributed by atoms with E-state index in [0.717, 1.165) is 30.1 Å². The number of carboxylic acid groups (broad SMARTS) is 1. The summed E-state index contributed by atoms with van der Waals surface area (Å²) in [6, 6.07) is 3.22. The number of thioether (sulfide) groups is 1. The van der Waals surface area contributed by atoms with Gasteiger partial charge in [0.15, 0.2) is 16.7 Å². The number of nitrogens with one attached hydrogen (secondary N) is 1. The Balaban J connectivity index is 2.10.